The number of para-hydroxylation sites is 1. The number of hydrogen-bond acceptors (Lipinski definition) is 4. The van der Waals surface area contributed by atoms with Gasteiger partial charge in [-0.3, -0.25) is 4.79 Å². The van der Waals surface area contributed by atoms with Crippen molar-refractivity contribution < 1.29 is 19.0 Å². The minimum atomic E-state index is -0.183. The fraction of sp³-hybridized carbons (Fsp3) is 0.471. The number of hydrogen-bond donors (Lipinski definition) is 1. The van der Waals surface area contributed by atoms with Crippen LogP contribution in [-0.2, 0) is 9.47 Å². The van der Waals surface area contributed by atoms with Crippen molar-refractivity contribution >= 4 is 5.91 Å². The van der Waals surface area contributed by atoms with Crippen LogP contribution in [0.4, 0.5) is 0 Å². The second kappa shape index (κ2) is 7.96. The van der Waals surface area contributed by atoms with E-state index in [9.17, 15) is 4.79 Å². The SMILES string of the molecule is C=C(C)COc1ccccc1C(=O)N[C@@H]1COC[C@H]1OCC. The number of amides is 1. The van der Waals surface area contributed by atoms with Crippen molar-refractivity contribution in [3.05, 3.63) is 42.0 Å². The van der Waals surface area contributed by atoms with Crippen LogP contribution in [0.2, 0.25) is 0 Å². The summed E-state index contributed by atoms with van der Waals surface area (Å²) < 4.78 is 16.6. The van der Waals surface area contributed by atoms with Crippen LogP contribution in [0.1, 0.15) is 24.2 Å². The van der Waals surface area contributed by atoms with Gasteiger partial charge in [0.2, 0.25) is 0 Å². The van der Waals surface area contributed by atoms with Gasteiger partial charge in [0, 0.05) is 6.61 Å². The highest BCUT2D eigenvalue weighted by Crippen LogP contribution is 2.19. The molecule has 1 heterocycles. The fourth-order valence-electron chi connectivity index (χ4n) is 2.27. The molecular formula is C17H23NO4. The molecule has 120 valence electrons. The van der Waals surface area contributed by atoms with Crippen molar-refractivity contribution in [2.75, 3.05) is 26.4 Å². The molecule has 1 aromatic rings. The molecular weight excluding hydrogens is 282 g/mol. The lowest BCUT2D eigenvalue weighted by atomic mass is 10.1. The predicted molar refractivity (Wildman–Crippen MR) is 84.2 cm³/mol. The molecule has 1 aliphatic heterocycles. The van der Waals surface area contributed by atoms with E-state index in [1.54, 1.807) is 12.1 Å². The quantitative estimate of drug-likeness (QED) is 0.785. The molecule has 1 amide bonds. The van der Waals surface area contributed by atoms with E-state index < -0.39 is 0 Å². The van der Waals surface area contributed by atoms with Gasteiger partial charge in [0.15, 0.2) is 0 Å². The molecule has 0 radical (unpaired) electrons. The third-order valence-electron chi connectivity index (χ3n) is 3.33. The molecule has 22 heavy (non-hydrogen) atoms. The summed E-state index contributed by atoms with van der Waals surface area (Å²) in [4.78, 5) is 12.5. The van der Waals surface area contributed by atoms with Crippen molar-refractivity contribution in [1.29, 1.82) is 0 Å². The number of benzene rings is 1. The minimum Gasteiger partial charge on any atom is -0.488 e. The van der Waals surface area contributed by atoms with Crippen LogP contribution < -0.4 is 10.1 Å². The van der Waals surface area contributed by atoms with E-state index in [-0.39, 0.29) is 18.1 Å². The number of carbonyl (C=O) groups is 1. The van der Waals surface area contributed by atoms with E-state index in [2.05, 4.69) is 11.9 Å². The lowest BCUT2D eigenvalue weighted by Crippen LogP contribution is -2.43. The van der Waals surface area contributed by atoms with Gasteiger partial charge in [0.1, 0.15) is 18.5 Å². The molecule has 1 saturated heterocycles. The van der Waals surface area contributed by atoms with E-state index in [0.717, 1.165) is 5.57 Å². The highest BCUT2D eigenvalue weighted by molar-refractivity contribution is 5.97. The normalized spacial score (nSPS) is 20.6. The van der Waals surface area contributed by atoms with Crippen LogP contribution in [0.15, 0.2) is 36.4 Å². The van der Waals surface area contributed by atoms with E-state index in [1.165, 1.54) is 0 Å². The Labute approximate surface area is 131 Å². The van der Waals surface area contributed by atoms with Crippen LogP contribution in [0.3, 0.4) is 0 Å². The summed E-state index contributed by atoms with van der Waals surface area (Å²) in [6, 6.07) is 7.04. The molecule has 0 spiro atoms. The number of nitrogens with one attached hydrogen (secondary N) is 1. The van der Waals surface area contributed by atoms with E-state index in [4.69, 9.17) is 14.2 Å². The fourth-order valence-corrected chi connectivity index (χ4v) is 2.27. The molecule has 0 unspecified atom stereocenters. The van der Waals surface area contributed by atoms with Gasteiger partial charge in [-0.2, -0.15) is 0 Å². The first kappa shape index (κ1) is 16.5. The monoisotopic (exact) mass is 305 g/mol. The summed E-state index contributed by atoms with van der Waals surface area (Å²) in [6.45, 7) is 9.56. The van der Waals surface area contributed by atoms with Crippen LogP contribution in [-0.4, -0.2) is 44.5 Å². The zero-order valence-corrected chi connectivity index (χ0v) is 13.1. The summed E-state index contributed by atoms with van der Waals surface area (Å²) in [5.74, 6) is 0.368. The lowest BCUT2D eigenvalue weighted by molar-refractivity contribution is 0.0402. The third-order valence-corrected chi connectivity index (χ3v) is 3.33. The highest BCUT2D eigenvalue weighted by atomic mass is 16.5. The zero-order chi connectivity index (χ0) is 15.9. The smallest absolute Gasteiger partial charge is 0.255 e. The van der Waals surface area contributed by atoms with Crippen LogP contribution in [0, 0.1) is 0 Å². The first-order valence-corrected chi connectivity index (χ1v) is 7.48. The van der Waals surface area contributed by atoms with Crippen molar-refractivity contribution in [2.24, 2.45) is 0 Å². The number of rotatable bonds is 7. The molecule has 5 heteroatoms. The molecule has 5 nitrogen and oxygen atoms in total. The lowest BCUT2D eigenvalue weighted by Gasteiger charge is -2.19. The third kappa shape index (κ3) is 4.32. The Balaban J connectivity index is 2.04. The van der Waals surface area contributed by atoms with Gasteiger partial charge in [-0.25, -0.2) is 0 Å². The summed E-state index contributed by atoms with van der Waals surface area (Å²) in [5, 5.41) is 2.97. The molecule has 1 aliphatic rings. The zero-order valence-electron chi connectivity index (χ0n) is 13.1. The van der Waals surface area contributed by atoms with Gasteiger partial charge in [0.25, 0.3) is 5.91 Å². The molecule has 0 saturated carbocycles. The van der Waals surface area contributed by atoms with E-state index in [1.807, 2.05) is 26.0 Å². The van der Waals surface area contributed by atoms with Gasteiger partial charge in [0.05, 0.1) is 24.8 Å². The molecule has 1 aromatic carbocycles. The van der Waals surface area contributed by atoms with E-state index >= 15 is 0 Å². The number of carbonyl (C=O) groups excluding carboxylic acids is 1. The highest BCUT2D eigenvalue weighted by Gasteiger charge is 2.30. The van der Waals surface area contributed by atoms with Crippen LogP contribution in [0.25, 0.3) is 0 Å². The van der Waals surface area contributed by atoms with Crippen LogP contribution in [0.5, 0.6) is 5.75 Å². The van der Waals surface area contributed by atoms with Crippen molar-refractivity contribution in [2.45, 2.75) is 26.0 Å². The Morgan fingerprint density at radius 3 is 2.91 bits per heavy atom. The van der Waals surface area contributed by atoms with Crippen molar-refractivity contribution in [3.8, 4) is 5.75 Å². The maximum absolute atomic E-state index is 12.5. The molecule has 0 aliphatic carbocycles. The summed E-state index contributed by atoms with van der Waals surface area (Å²) in [7, 11) is 0. The Bertz CT molecular complexity index is 529. The Kier molecular flexibility index (Phi) is 5.98. The van der Waals surface area contributed by atoms with Crippen molar-refractivity contribution in [1.82, 2.24) is 5.32 Å². The van der Waals surface area contributed by atoms with Gasteiger partial charge in [-0.1, -0.05) is 18.7 Å². The first-order chi connectivity index (χ1) is 10.6. The Morgan fingerprint density at radius 1 is 1.41 bits per heavy atom. The van der Waals surface area contributed by atoms with Gasteiger partial charge < -0.3 is 19.5 Å². The molecule has 2 atom stereocenters. The minimum absolute atomic E-state index is 0.0996. The van der Waals surface area contributed by atoms with Gasteiger partial charge in [-0.15, -0.1) is 0 Å². The maximum Gasteiger partial charge on any atom is 0.255 e. The Morgan fingerprint density at radius 2 is 2.18 bits per heavy atom. The molecule has 1 N–H and O–H groups in total. The predicted octanol–water partition coefficient (Wildman–Crippen LogP) is 2.18. The number of ether oxygens (including phenoxy) is 3. The second-order valence-electron chi connectivity index (χ2n) is 5.35. The topological polar surface area (TPSA) is 56.8 Å². The van der Waals surface area contributed by atoms with Gasteiger partial charge in [-0.05, 0) is 31.6 Å². The summed E-state index contributed by atoms with van der Waals surface area (Å²) >= 11 is 0. The van der Waals surface area contributed by atoms with Crippen molar-refractivity contribution in [3.63, 3.8) is 0 Å². The summed E-state index contributed by atoms with van der Waals surface area (Å²) in [5.41, 5.74) is 1.40. The van der Waals surface area contributed by atoms with E-state index in [0.29, 0.717) is 37.7 Å². The molecule has 0 bridgehead atoms. The molecule has 2 rings (SSSR count). The Hall–Kier alpha value is -1.85. The average Bonchev–Trinajstić information content (AvgIpc) is 2.93. The maximum atomic E-state index is 12.5. The standard InChI is InChI=1S/C17H23NO4/c1-4-21-16-11-20-10-14(16)18-17(19)13-7-5-6-8-15(13)22-9-12(2)3/h5-8,14,16H,2,4,9-11H2,1,3H3,(H,18,19)/t14-,16-/m1/s1. The average molecular weight is 305 g/mol. The van der Waals surface area contributed by atoms with Gasteiger partial charge >= 0.3 is 0 Å². The first-order valence-electron chi connectivity index (χ1n) is 7.48. The largest absolute Gasteiger partial charge is 0.488 e. The molecule has 1 fully saturated rings. The molecule has 0 aromatic heterocycles. The summed E-state index contributed by atoms with van der Waals surface area (Å²) in [6.07, 6.45) is -0.0996. The van der Waals surface area contributed by atoms with Crippen LogP contribution >= 0.6 is 0 Å². The second-order valence-corrected chi connectivity index (χ2v) is 5.35.